The van der Waals surface area contributed by atoms with E-state index in [9.17, 15) is 9.59 Å². The molecule has 3 rings (SSSR count). The first-order valence-electron chi connectivity index (χ1n) is 5.57. The number of carbonyl (C=O) groups is 1. The van der Waals surface area contributed by atoms with Gasteiger partial charge in [0.05, 0.1) is 11.1 Å². The van der Waals surface area contributed by atoms with Gasteiger partial charge in [-0.05, 0) is 12.1 Å². The lowest BCUT2D eigenvalue weighted by atomic mass is 10.0. The van der Waals surface area contributed by atoms with Crippen LogP contribution in [-0.4, -0.2) is 10.8 Å². The van der Waals surface area contributed by atoms with Gasteiger partial charge in [0.15, 0.2) is 11.4 Å². The zero-order chi connectivity index (χ0) is 13.4. The number of H-pyrrole nitrogens is 1. The van der Waals surface area contributed by atoms with Crippen LogP contribution in [0.1, 0.15) is 15.9 Å². The van der Waals surface area contributed by atoms with Gasteiger partial charge < -0.3 is 4.42 Å². The Kier molecular flexibility index (Phi) is 2.72. The van der Waals surface area contributed by atoms with Crippen molar-refractivity contribution < 1.29 is 9.21 Å². The number of halogens is 1. The molecule has 1 aromatic heterocycles. The van der Waals surface area contributed by atoms with Gasteiger partial charge in [-0.2, -0.15) is 0 Å². The Morgan fingerprint density at radius 2 is 1.89 bits per heavy atom. The molecule has 0 saturated carbocycles. The number of rotatable bonds is 2. The number of oxazole rings is 1. The summed E-state index contributed by atoms with van der Waals surface area (Å²) in [5, 5.41) is 0.365. The molecule has 1 heterocycles. The van der Waals surface area contributed by atoms with Crippen molar-refractivity contribution in [3.63, 3.8) is 0 Å². The zero-order valence-electron chi connectivity index (χ0n) is 9.64. The normalized spacial score (nSPS) is 10.8. The summed E-state index contributed by atoms with van der Waals surface area (Å²) in [5.41, 5.74) is 1.42. The maximum atomic E-state index is 12.4. The van der Waals surface area contributed by atoms with Crippen molar-refractivity contribution in [2.45, 2.75) is 0 Å². The standard InChI is InChI=1S/C14H8ClNO3/c15-9-6-10(12(17)8-4-2-1-3-5-8)13-11(7-9)16-14(18)19-13/h1-7H,(H,16,18). The summed E-state index contributed by atoms with van der Waals surface area (Å²) in [6.07, 6.45) is 0. The first-order valence-corrected chi connectivity index (χ1v) is 5.95. The molecule has 19 heavy (non-hydrogen) atoms. The van der Waals surface area contributed by atoms with Gasteiger partial charge in [0.2, 0.25) is 0 Å². The number of fused-ring (bicyclic) bond motifs is 1. The van der Waals surface area contributed by atoms with Crippen LogP contribution in [-0.2, 0) is 0 Å². The fourth-order valence-corrected chi connectivity index (χ4v) is 2.16. The molecule has 3 aromatic rings. The van der Waals surface area contributed by atoms with E-state index in [0.29, 0.717) is 16.1 Å². The van der Waals surface area contributed by atoms with E-state index in [1.54, 1.807) is 30.3 Å². The molecule has 0 fully saturated rings. The number of benzene rings is 2. The van der Waals surface area contributed by atoms with Crippen LogP contribution in [0.15, 0.2) is 51.7 Å². The first kappa shape index (κ1) is 11.7. The number of aromatic nitrogens is 1. The van der Waals surface area contributed by atoms with Gasteiger partial charge in [-0.25, -0.2) is 4.79 Å². The molecule has 0 amide bonds. The molecular formula is C14H8ClNO3. The topological polar surface area (TPSA) is 63.1 Å². The number of nitrogens with one attached hydrogen (secondary N) is 1. The van der Waals surface area contributed by atoms with Gasteiger partial charge in [0.25, 0.3) is 0 Å². The number of hydrogen-bond donors (Lipinski definition) is 1. The van der Waals surface area contributed by atoms with E-state index < -0.39 is 5.76 Å². The van der Waals surface area contributed by atoms with Gasteiger partial charge in [0, 0.05) is 10.6 Å². The van der Waals surface area contributed by atoms with E-state index in [4.69, 9.17) is 16.0 Å². The van der Waals surface area contributed by atoms with Crippen molar-refractivity contribution in [1.29, 1.82) is 0 Å². The smallest absolute Gasteiger partial charge is 0.407 e. The minimum atomic E-state index is -0.612. The first-order chi connectivity index (χ1) is 9.15. The molecule has 2 aromatic carbocycles. The Bertz CT molecular complexity index is 818. The maximum absolute atomic E-state index is 12.4. The minimum Gasteiger partial charge on any atom is -0.407 e. The summed E-state index contributed by atoms with van der Waals surface area (Å²) in [5.74, 6) is -0.852. The van der Waals surface area contributed by atoms with Crippen LogP contribution in [0.4, 0.5) is 0 Å². The van der Waals surface area contributed by atoms with Gasteiger partial charge in [0.1, 0.15) is 0 Å². The van der Waals surface area contributed by atoms with E-state index in [-0.39, 0.29) is 16.9 Å². The SMILES string of the molecule is O=C(c1ccccc1)c1cc(Cl)cc2[nH]c(=O)oc12. The summed E-state index contributed by atoms with van der Waals surface area (Å²) in [7, 11) is 0. The third kappa shape index (κ3) is 2.06. The van der Waals surface area contributed by atoms with Gasteiger partial charge in [-0.1, -0.05) is 41.9 Å². The number of ketones is 1. The van der Waals surface area contributed by atoms with E-state index in [2.05, 4.69) is 4.98 Å². The van der Waals surface area contributed by atoms with Crippen molar-refractivity contribution in [2.75, 3.05) is 0 Å². The summed E-state index contributed by atoms with van der Waals surface area (Å²) in [6.45, 7) is 0. The molecule has 0 saturated heterocycles. The second-order valence-electron chi connectivity index (χ2n) is 4.04. The maximum Gasteiger partial charge on any atom is 0.417 e. The van der Waals surface area contributed by atoms with Crippen LogP contribution in [0.25, 0.3) is 11.1 Å². The number of aromatic amines is 1. The van der Waals surface area contributed by atoms with Crippen LogP contribution in [0.5, 0.6) is 0 Å². The highest BCUT2D eigenvalue weighted by atomic mass is 35.5. The Labute approximate surface area is 112 Å². The molecule has 5 heteroatoms. The molecular weight excluding hydrogens is 266 g/mol. The summed E-state index contributed by atoms with van der Waals surface area (Å²) >= 11 is 5.95. The summed E-state index contributed by atoms with van der Waals surface area (Å²) in [4.78, 5) is 26.1. The monoisotopic (exact) mass is 273 g/mol. The summed E-state index contributed by atoms with van der Waals surface area (Å²) < 4.78 is 5.01. The summed E-state index contributed by atoms with van der Waals surface area (Å²) in [6, 6.07) is 11.8. The average molecular weight is 274 g/mol. The third-order valence-corrected chi connectivity index (χ3v) is 2.98. The van der Waals surface area contributed by atoms with Crippen LogP contribution in [0, 0.1) is 0 Å². The van der Waals surface area contributed by atoms with E-state index in [1.807, 2.05) is 6.07 Å². The van der Waals surface area contributed by atoms with Crippen molar-refractivity contribution >= 4 is 28.5 Å². The zero-order valence-corrected chi connectivity index (χ0v) is 10.4. The van der Waals surface area contributed by atoms with Crippen molar-refractivity contribution in [1.82, 2.24) is 4.98 Å². The van der Waals surface area contributed by atoms with E-state index in [1.165, 1.54) is 6.07 Å². The highest BCUT2D eigenvalue weighted by molar-refractivity contribution is 6.32. The molecule has 0 bridgehead atoms. The molecule has 0 radical (unpaired) electrons. The van der Waals surface area contributed by atoms with Crippen molar-refractivity contribution in [3.05, 3.63) is 69.2 Å². The molecule has 0 aliphatic heterocycles. The van der Waals surface area contributed by atoms with Crippen LogP contribution in [0.3, 0.4) is 0 Å². The quantitative estimate of drug-likeness (QED) is 0.730. The molecule has 4 nitrogen and oxygen atoms in total. The van der Waals surface area contributed by atoms with E-state index in [0.717, 1.165) is 0 Å². The van der Waals surface area contributed by atoms with Gasteiger partial charge in [-0.3, -0.25) is 9.78 Å². The largest absolute Gasteiger partial charge is 0.417 e. The molecule has 0 aliphatic rings. The molecule has 1 N–H and O–H groups in total. The third-order valence-electron chi connectivity index (χ3n) is 2.77. The predicted molar refractivity (Wildman–Crippen MR) is 71.7 cm³/mol. The second-order valence-corrected chi connectivity index (χ2v) is 4.48. The second kappa shape index (κ2) is 4.40. The van der Waals surface area contributed by atoms with Crippen LogP contribution in [0.2, 0.25) is 5.02 Å². The number of carbonyl (C=O) groups excluding carboxylic acids is 1. The van der Waals surface area contributed by atoms with Crippen molar-refractivity contribution in [3.8, 4) is 0 Å². The lowest BCUT2D eigenvalue weighted by Crippen LogP contribution is -2.01. The Morgan fingerprint density at radius 3 is 2.63 bits per heavy atom. The molecule has 0 aliphatic carbocycles. The minimum absolute atomic E-state index is 0.225. The van der Waals surface area contributed by atoms with Gasteiger partial charge in [-0.15, -0.1) is 0 Å². The lowest BCUT2D eigenvalue weighted by molar-refractivity contribution is 0.103. The van der Waals surface area contributed by atoms with Crippen LogP contribution < -0.4 is 5.76 Å². The van der Waals surface area contributed by atoms with Crippen molar-refractivity contribution in [2.24, 2.45) is 0 Å². The average Bonchev–Trinajstić information content (AvgIpc) is 2.78. The fraction of sp³-hybridized carbons (Fsp3) is 0. The Morgan fingerprint density at radius 1 is 1.16 bits per heavy atom. The predicted octanol–water partition coefficient (Wildman–Crippen LogP) is 3.01. The number of hydrogen-bond acceptors (Lipinski definition) is 3. The lowest BCUT2D eigenvalue weighted by Gasteiger charge is -2.02. The Balaban J connectivity index is 2.25. The van der Waals surface area contributed by atoms with E-state index >= 15 is 0 Å². The highest BCUT2D eigenvalue weighted by Crippen LogP contribution is 2.24. The molecule has 0 unspecified atom stereocenters. The van der Waals surface area contributed by atoms with Gasteiger partial charge >= 0.3 is 5.76 Å². The molecule has 94 valence electrons. The van der Waals surface area contributed by atoms with Crippen LogP contribution >= 0.6 is 11.6 Å². The molecule has 0 atom stereocenters. The fourth-order valence-electron chi connectivity index (χ4n) is 1.94. The highest BCUT2D eigenvalue weighted by Gasteiger charge is 2.17. The Hall–Kier alpha value is -2.33. The molecule has 0 spiro atoms.